The molecule has 0 aliphatic carbocycles. The van der Waals surface area contributed by atoms with Gasteiger partial charge in [-0.15, -0.1) is 0 Å². The Labute approximate surface area is 115 Å². The summed E-state index contributed by atoms with van der Waals surface area (Å²) in [5, 5.41) is 13.4. The van der Waals surface area contributed by atoms with Gasteiger partial charge in [0.15, 0.2) is 0 Å². The molecule has 6 heteroatoms. The quantitative estimate of drug-likeness (QED) is 0.935. The third kappa shape index (κ3) is 3.06. The van der Waals surface area contributed by atoms with Crippen LogP contribution in [0.5, 0.6) is 5.75 Å². The van der Waals surface area contributed by atoms with Crippen LogP contribution in [0.15, 0.2) is 24.3 Å². The fraction of sp³-hybridized carbons (Fsp3) is 0.231. The number of rotatable bonds is 4. The molecule has 0 saturated carbocycles. The molecule has 0 bridgehead atoms. The van der Waals surface area contributed by atoms with E-state index >= 15 is 0 Å². The van der Waals surface area contributed by atoms with E-state index < -0.39 is 5.97 Å². The lowest BCUT2D eigenvalue weighted by molar-refractivity contribution is 0.0696. The summed E-state index contributed by atoms with van der Waals surface area (Å²) < 4.78 is 7.27. The fourth-order valence-corrected chi connectivity index (χ4v) is 1.91. The lowest BCUT2D eigenvalue weighted by atomic mass is 10.2. The van der Waals surface area contributed by atoms with Crippen LogP contribution in [-0.2, 0) is 13.7 Å². The molecule has 5 nitrogen and oxygen atoms in total. The Hall–Kier alpha value is -2.01. The minimum Gasteiger partial charge on any atom is -0.487 e. The van der Waals surface area contributed by atoms with Crippen LogP contribution < -0.4 is 4.74 Å². The molecule has 0 aliphatic rings. The van der Waals surface area contributed by atoms with Crippen molar-refractivity contribution in [1.29, 1.82) is 0 Å². The zero-order valence-corrected chi connectivity index (χ0v) is 11.3. The summed E-state index contributed by atoms with van der Waals surface area (Å²) in [7, 11) is 1.83. The Morgan fingerprint density at radius 2 is 2.21 bits per heavy atom. The van der Waals surface area contributed by atoms with E-state index in [4.69, 9.17) is 21.4 Å². The molecular formula is C13H13ClN2O3. The van der Waals surface area contributed by atoms with Gasteiger partial charge in [-0.05, 0) is 31.2 Å². The second kappa shape index (κ2) is 5.32. The number of hydrogen-bond acceptors (Lipinski definition) is 3. The van der Waals surface area contributed by atoms with Crippen LogP contribution in [0.4, 0.5) is 0 Å². The smallest absolute Gasteiger partial charge is 0.337 e. The number of carboxylic acids is 1. The van der Waals surface area contributed by atoms with Gasteiger partial charge in [-0.3, -0.25) is 4.68 Å². The first-order valence-corrected chi connectivity index (χ1v) is 6.00. The lowest BCUT2D eigenvalue weighted by Gasteiger charge is -2.08. The Bertz CT molecular complexity index is 622. The maximum Gasteiger partial charge on any atom is 0.337 e. The van der Waals surface area contributed by atoms with Gasteiger partial charge >= 0.3 is 5.97 Å². The van der Waals surface area contributed by atoms with Crippen molar-refractivity contribution in [1.82, 2.24) is 9.78 Å². The summed E-state index contributed by atoms with van der Waals surface area (Å²) in [6.45, 7) is 2.21. The first-order valence-electron chi connectivity index (χ1n) is 5.62. The van der Waals surface area contributed by atoms with Crippen LogP contribution in [0.25, 0.3) is 0 Å². The van der Waals surface area contributed by atoms with Gasteiger partial charge in [0, 0.05) is 7.05 Å². The number of aromatic nitrogens is 2. The van der Waals surface area contributed by atoms with Crippen molar-refractivity contribution in [3.05, 3.63) is 46.2 Å². The molecule has 2 aromatic rings. The van der Waals surface area contributed by atoms with Crippen LogP contribution in [0.3, 0.4) is 0 Å². The van der Waals surface area contributed by atoms with E-state index in [-0.39, 0.29) is 10.6 Å². The van der Waals surface area contributed by atoms with Crippen LogP contribution >= 0.6 is 11.6 Å². The molecule has 1 aromatic carbocycles. The zero-order chi connectivity index (χ0) is 14.0. The summed E-state index contributed by atoms with van der Waals surface area (Å²) in [4.78, 5) is 11.0. The molecule has 1 N–H and O–H groups in total. The molecule has 100 valence electrons. The van der Waals surface area contributed by atoms with Gasteiger partial charge in [0.1, 0.15) is 12.4 Å². The molecule has 0 saturated heterocycles. The summed E-state index contributed by atoms with van der Waals surface area (Å²) in [6, 6.07) is 6.47. The first-order chi connectivity index (χ1) is 8.97. The second-order valence-corrected chi connectivity index (χ2v) is 4.54. The molecule has 19 heavy (non-hydrogen) atoms. The number of carbonyl (C=O) groups is 1. The molecule has 1 heterocycles. The number of nitrogens with zero attached hydrogens (tertiary/aromatic N) is 2. The van der Waals surface area contributed by atoms with Crippen LogP contribution in [0.1, 0.15) is 21.7 Å². The Morgan fingerprint density at radius 3 is 2.79 bits per heavy atom. The van der Waals surface area contributed by atoms with Crippen molar-refractivity contribution < 1.29 is 14.6 Å². The highest BCUT2D eigenvalue weighted by molar-refractivity contribution is 6.33. The Balaban J connectivity index is 2.14. The third-order valence-electron chi connectivity index (χ3n) is 2.65. The highest BCUT2D eigenvalue weighted by Gasteiger charge is 2.10. The van der Waals surface area contributed by atoms with E-state index in [1.54, 1.807) is 10.7 Å². The summed E-state index contributed by atoms with van der Waals surface area (Å²) >= 11 is 5.79. The molecule has 0 fully saturated rings. The summed E-state index contributed by atoms with van der Waals surface area (Å²) in [5.74, 6) is -0.618. The van der Waals surface area contributed by atoms with E-state index in [0.29, 0.717) is 12.4 Å². The van der Waals surface area contributed by atoms with Gasteiger partial charge in [-0.25, -0.2) is 4.79 Å². The summed E-state index contributed by atoms with van der Waals surface area (Å²) in [5.41, 5.74) is 1.84. The number of benzene rings is 1. The number of hydrogen-bond donors (Lipinski definition) is 1. The summed E-state index contributed by atoms with van der Waals surface area (Å²) in [6.07, 6.45) is 0. The highest BCUT2D eigenvalue weighted by atomic mass is 35.5. The van der Waals surface area contributed by atoms with Crippen LogP contribution in [-0.4, -0.2) is 20.9 Å². The van der Waals surface area contributed by atoms with Gasteiger partial charge in [0.2, 0.25) is 0 Å². The number of halogens is 1. The van der Waals surface area contributed by atoms with Crippen molar-refractivity contribution >= 4 is 17.6 Å². The molecule has 0 unspecified atom stereocenters. The zero-order valence-electron chi connectivity index (χ0n) is 10.6. The van der Waals surface area contributed by atoms with Gasteiger partial charge in [-0.1, -0.05) is 11.6 Å². The topological polar surface area (TPSA) is 64.3 Å². The van der Waals surface area contributed by atoms with E-state index in [1.807, 2.05) is 20.0 Å². The number of carboxylic acid groups (broad SMARTS) is 1. The Morgan fingerprint density at radius 1 is 1.47 bits per heavy atom. The monoisotopic (exact) mass is 280 g/mol. The highest BCUT2D eigenvalue weighted by Crippen LogP contribution is 2.22. The van der Waals surface area contributed by atoms with E-state index in [2.05, 4.69) is 5.10 Å². The van der Waals surface area contributed by atoms with Gasteiger partial charge < -0.3 is 9.84 Å². The largest absolute Gasteiger partial charge is 0.487 e. The predicted molar refractivity (Wildman–Crippen MR) is 70.7 cm³/mol. The van der Waals surface area contributed by atoms with Crippen LogP contribution in [0, 0.1) is 6.92 Å². The van der Waals surface area contributed by atoms with E-state index in [0.717, 1.165) is 11.4 Å². The minimum atomic E-state index is -1.08. The lowest BCUT2D eigenvalue weighted by Crippen LogP contribution is -2.04. The molecule has 0 atom stereocenters. The molecule has 0 radical (unpaired) electrons. The molecule has 0 aliphatic heterocycles. The number of ether oxygens (including phenoxy) is 1. The normalized spacial score (nSPS) is 10.5. The van der Waals surface area contributed by atoms with Gasteiger partial charge in [0.05, 0.1) is 22.0 Å². The average Bonchev–Trinajstić information content (AvgIpc) is 2.66. The average molecular weight is 281 g/mol. The maximum absolute atomic E-state index is 11.0. The van der Waals surface area contributed by atoms with Crippen molar-refractivity contribution in [2.24, 2.45) is 7.05 Å². The standard InChI is InChI=1S/C13H13ClN2O3/c1-8-5-9(16(2)15-8)7-19-10-3-4-12(14)11(6-10)13(17)18/h3-6H,7H2,1-2H3,(H,17,18). The van der Waals surface area contributed by atoms with E-state index in [9.17, 15) is 4.79 Å². The van der Waals surface area contributed by atoms with Crippen molar-refractivity contribution in [3.8, 4) is 5.75 Å². The maximum atomic E-state index is 11.0. The molecule has 2 rings (SSSR count). The van der Waals surface area contributed by atoms with Crippen molar-refractivity contribution in [3.63, 3.8) is 0 Å². The van der Waals surface area contributed by atoms with E-state index in [1.165, 1.54) is 12.1 Å². The first kappa shape index (κ1) is 13.4. The minimum absolute atomic E-state index is 0.0281. The van der Waals surface area contributed by atoms with Crippen molar-refractivity contribution in [2.75, 3.05) is 0 Å². The SMILES string of the molecule is Cc1cc(COc2ccc(Cl)c(C(=O)O)c2)n(C)n1. The fourth-order valence-electron chi connectivity index (χ4n) is 1.71. The number of aryl methyl sites for hydroxylation is 2. The number of aromatic carboxylic acids is 1. The molecule has 0 amide bonds. The predicted octanol–water partition coefficient (Wildman–Crippen LogP) is 2.66. The van der Waals surface area contributed by atoms with Gasteiger partial charge in [0.25, 0.3) is 0 Å². The third-order valence-corrected chi connectivity index (χ3v) is 2.98. The molecule has 1 aromatic heterocycles. The van der Waals surface area contributed by atoms with Crippen molar-refractivity contribution in [2.45, 2.75) is 13.5 Å². The molecular weight excluding hydrogens is 268 g/mol. The second-order valence-electron chi connectivity index (χ2n) is 4.14. The Kier molecular flexibility index (Phi) is 3.76. The van der Waals surface area contributed by atoms with Gasteiger partial charge in [-0.2, -0.15) is 5.10 Å². The molecule has 0 spiro atoms. The van der Waals surface area contributed by atoms with Crippen LogP contribution in [0.2, 0.25) is 5.02 Å².